The van der Waals surface area contributed by atoms with Gasteiger partial charge in [-0.15, -0.1) is 0 Å². The van der Waals surface area contributed by atoms with Crippen LogP contribution in [0.15, 0.2) is 66.9 Å². The summed E-state index contributed by atoms with van der Waals surface area (Å²) in [6.07, 6.45) is 1.62. The number of nitrogens with zero attached hydrogens (tertiary/aromatic N) is 3. The maximum absolute atomic E-state index is 13.7. The van der Waals surface area contributed by atoms with Crippen LogP contribution in [0, 0.1) is 5.82 Å². The van der Waals surface area contributed by atoms with Gasteiger partial charge in [-0.1, -0.05) is 30.3 Å². The summed E-state index contributed by atoms with van der Waals surface area (Å²) in [7, 11) is 0. The molecule has 2 heterocycles. The number of carbonyl (C=O) groups excluding carboxylic acids is 2. The van der Waals surface area contributed by atoms with E-state index in [9.17, 15) is 14.0 Å². The highest BCUT2D eigenvalue weighted by atomic mass is 19.1. The van der Waals surface area contributed by atoms with Crippen LogP contribution in [0.4, 0.5) is 20.7 Å². The van der Waals surface area contributed by atoms with Crippen LogP contribution < -0.4 is 20.3 Å². The van der Waals surface area contributed by atoms with Gasteiger partial charge >= 0.3 is 6.03 Å². The standard InChI is InChI=1S/C26H28FN5O3/c1-2-35-23-10-6-4-8-21(23)25(33)30-20-11-12-24(28-18-20)31-13-15-32(16-14-31)26(34)29-17-19-7-3-5-9-22(19)27/h3-12,18H,2,13-17H2,1H3,(H,29,34)(H,30,33). The lowest BCUT2D eigenvalue weighted by atomic mass is 10.2. The van der Waals surface area contributed by atoms with Crippen LogP contribution in [-0.2, 0) is 6.54 Å². The maximum atomic E-state index is 13.7. The fourth-order valence-corrected chi connectivity index (χ4v) is 3.84. The van der Waals surface area contributed by atoms with E-state index in [-0.39, 0.29) is 24.3 Å². The van der Waals surface area contributed by atoms with Gasteiger partial charge in [-0.2, -0.15) is 0 Å². The third kappa shape index (κ3) is 6.06. The predicted octanol–water partition coefficient (Wildman–Crippen LogP) is 3.90. The van der Waals surface area contributed by atoms with E-state index in [0.717, 1.165) is 5.82 Å². The molecule has 0 saturated carbocycles. The van der Waals surface area contributed by atoms with Crippen molar-refractivity contribution in [3.8, 4) is 5.75 Å². The van der Waals surface area contributed by atoms with Gasteiger partial charge in [-0.05, 0) is 37.3 Å². The molecule has 1 aliphatic rings. The molecule has 0 radical (unpaired) electrons. The lowest BCUT2D eigenvalue weighted by molar-refractivity contribution is 0.102. The zero-order valence-corrected chi connectivity index (χ0v) is 19.5. The van der Waals surface area contributed by atoms with E-state index in [1.807, 2.05) is 19.1 Å². The van der Waals surface area contributed by atoms with Crippen molar-refractivity contribution in [2.45, 2.75) is 13.5 Å². The first kappa shape index (κ1) is 24.0. The number of para-hydroxylation sites is 1. The molecule has 0 unspecified atom stereocenters. The molecule has 4 rings (SSSR count). The maximum Gasteiger partial charge on any atom is 0.317 e. The number of halogens is 1. The summed E-state index contributed by atoms with van der Waals surface area (Å²) in [6, 6.07) is 16.9. The van der Waals surface area contributed by atoms with E-state index in [1.165, 1.54) is 6.07 Å². The van der Waals surface area contributed by atoms with Crippen LogP contribution in [0.1, 0.15) is 22.8 Å². The van der Waals surface area contributed by atoms with E-state index in [0.29, 0.717) is 55.3 Å². The third-order valence-electron chi connectivity index (χ3n) is 5.72. The molecule has 1 saturated heterocycles. The fraction of sp³-hybridized carbons (Fsp3) is 0.269. The summed E-state index contributed by atoms with van der Waals surface area (Å²) in [4.78, 5) is 33.4. The van der Waals surface area contributed by atoms with Gasteiger partial charge in [0.05, 0.1) is 24.1 Å². The van der Waals surface area contributed by atoms with Gasteiger partial charge in [0.25, 0.3) is 5.91 Å². The number of carbonyl (C=O) groups is 2. The van der Waals surface area contributed by atoms with Crippen LogP contribution in [0.5, 0.6) is 5.75 Å². The number of amides is 3. The van der Waals surface area contributed by atoms with Crippen LogP contribution in [0.2, 0.25) is 0 Å². The molecule has 2 N–H and O–H groups in total. The normalized spacial score (nSPS) is 13.3. The molecule has 9 heteroatoms. The van der Waals surface area contributed by atoms with Crippen LogP contribution in [0.25, 0.3) is 0 Å². The SMILES string of the molecule is CCOc1ccccc1C(=O)Nc1ccc(N2CCN(C(=O)NCc3ccccc3F)CC2)nc1. The van der Waals surface area contributed by atoms with E-state index < -0.39 is 0 Å². The van der Waals surface area contributed by atoms with Gasteiger partial charge < -0.3 is 25.2 Å². The minimum absolute atomic E-state index is 0.148. The largest absolute Gasteiger partial charge is 0.493 e. The summed E-state index contributed by atoms with van der Waals surface area (Å²) < 4.78 is 19.3. The zero-order valence-electron chi connectivity index (χ0n) is 19.5. The highest BCUT2D eigenvalue weighted by Gasteiger charge is 2.22. The Morgan fingerprint density at radius 3 is 2.46 bits per heavy atom. The molecule has 0 atom stereocenters. The minimum Gasteiger partial charge on any atom is -0.493 e. The number of nitrogens with one attached hydrogen (secondary N) is 2. The second-order valence-corrected chi connectivity index (χ2v) is 8.01. The second-order valence-electron chi connectivity index (χ2n) is 8.01. The zero-order chi connectivity index (χ0) is 24.6. The molecule has 1 fully saturated rings. The number of urea groups is 1. The average molecular weight is 478 g/mol. The molecule has 1 aromatic heterocycles. The molecule has 182 valence electrons. The molecule has 1 aliphatic heterocycles. The number of hydrogen-bond acceptors (Lipinski definition) is 5. The van der Waals surface area contributed by atoms with Crippen molar-refractivity contribution in [2.24, 2.45) is 0 Å². The molecular weight excluding hydrogens is 449 g/mol. The van der Waals surface area contributed by atoms with Crippen molar-refractivity contribution >= 4 is 23.4 Å². The van der Waals surface area contributed by atoms with E-state index >= 15 is 0 Å². The molecule has 0 bridgehead atoms. The highest BCUT2D eigenvalue weighted by molar-refractivity contribution is 6.06. The molecular formula is C26H28FN5O3. The molecule has 3 aromatic rings. The number of hydrogen-bond donors (Lipinski definition) is 2. The van der Waals surface area contributed by atoms with Crippen molar-refractivity contribution in [2.75, 3.05) is 43.0 Å². The Hall–Kier alpha value is -4.14. The van der Waals surface area contributed by atoms with Gasteiger partial charge in [0, 0.05) is 38.3 Å². The van der Waals surface area contributed by atoms with Crippen molar-refractivity contribution < 1.29 is 18.7 Å². The number of anilines is 2. The van der Waals surface area contributed by atoms with E-state index in [4.69, 9.17) is 4.74 Å². The summed E-state index contributed by atoms with van der Waals surface area (Å²) in [5.74, 6) is 0.706. The number of rotatable bonds is 7. The number of aromatic nitrogens is 1. The van der Waals surface area contributed by atoms with E-state index in [1.54, 1.807) is 53.6 Å². The van der Waals surface area contributed by atoms with Crippen molar-refractivity contribution in [1.29, 1.82) is 0 Å². The van der Waals surface area contributed by atoms with Gasteiger partial charge in [0.1, 0.15) is 17.4 Å². The Bertz CT molecular complexity index is 1160. The van der Waals surface area contributed by atoms with Crippen LogP contribution >= 0.6 is 0 Å². The second kappa shape index (κ2) is 11.3. The van der Waals surface area contributed by atoms with Gasteiger partial charge in [0.15, 0.2) is 0 Å². The Balaban J connectivity index is 1.28. The molecule has 0 aliphatic carbocycles. The highest BCUT2D eigenvalue weighted by Crippen LogP contribution is 2.21. The average Bonchev–Trinajstić information content (AvgIpc) is 2.89. The quantitative estimate of drug-likeness (QED) is 0.539. The molecule has 2 aromatic carbocycles. The summed E-state index contributed by atoms with van der Waals surface area (Å²) in [5.41, 5.74) is 1.50. The summed E-state index contributed by atoms with van der Waals surface area (Å²) in [6.45, 7) is 4.78. The lowest BCUT2D eigenvalue weighted by Gasteiger charge is -2.35. The Morgan fingerprint density at radius 2 is 1.74 bits per heavy atom. The molecule has 35 heavy (non-hydrogen) atoms. The van der Waals surface area contributed by atoms with Crippen molar-refractivity contribution in [1.82, 2.24) is 15.2 Å². The number of pyridine rings is 1. The van der Waals surface area contributed by atoms with Crippen LogP contribution in [-0.4, -0.2) is 54.6 Å². The number of ether oxygens (including phenoxy) is 1. The first-order chi connectivity index (χ1) is 17.0. The Morgan fingerprint density at radius 1 is 1.00 bits per heavy atom. The first-order valence-electron chi connectivity index (χ1n) is 11.6. The third-order valence-corrected chi connectivity index (χ3v) is 5.72. The molecule has 0 spiro atoms. The Labute approximate surface area is 203 Å². The molecule has 8 nitrogen and oxygen atoms in total. The monoisotopic (exact) mass is 477 g/mol. The number of piperazine rings is 1. The smallest absolute Gasteiger partial charge is 0.317 e. The Kier molecular flexibility index (Phi) is 7.77. The van der Waals surface area contributed by atoms with Crippen molar-refractivity contribution in [3.05, 3.63) is 83.8 Å². The lowest BCUT2D eigenvalue weighted by Crippen LogP contribution is -2.51. The number of benzene rings is 2. The summed E-state index contributed by atoms with van der Waals surface area (Å²) >= 11 is 0. The van der Waals surface area contributed by atoms with E-state index in [2.05, 4.69) is 20.5 Å². The van der Waals surface area contributed by atoms with Gasteiger partial charge in [-0.25, -0.2) is 14.2 Å². The van der Waals surface area contributed by atoms with Gasteiger partial charge in [-0.3, -0.25) is 4.79 Å². The fourth-order valence-electron chi connectivity index (χ4n) is 3.84. The topological polar surface area (TPSA) is 86.8 Å². The van der Waals surface area contributed by atoms with Gasteiger partial charge in [0.2, 0.25) is 0 Å². The van der Waals surface area contributed by atoms with Crippen molar-refractivity contribution in [3.63, 3.8) is 0 Å². The van der Waals surface area contributed by atoms with Crippen LogP contribution in [0.3, 0.4) is 0 Å². The first-order valence-corrected chi connectivity index (χ1v) is 11.6. The molecule has 3 amide bonds. The minimum atomic E-state index is -0.332. The summed E-state index contributed by atoms with van der Waals surface area (Å²) in [5, 5.41) is 5.63. The predicted molar refractivity (Wildman–Crippen MR) is 132 cm³/mol.